The van der Waals surface area contributed by atoms with Crippen molar-refractivity contribution in [3.05, 3.63) is 24.3 Å². The summed E-state index contributed by atoms with van der Waals surface area (Å²) in [5, 5.41) is 0. The van der Waals surface area contributed by atoms with Crippen LogP contribution < -0.4 is 9.46 Å². The van der Waals surface area contributed by atoms with Crippen LogP contribution in [-0.2, 0) is 14.8 Å². The van der Waals surface area contributed by atoms with Gasteiger partial charge in [-0.1, -0.05) is 0 Å². The minimum absolute atomic E-state index is 0.187. The number of rotatable bonds is 5. The van der Waals surface area contributed by atoms with Gasteiger partial charge in [0.05, 0.1) is 18.6 Å². The summed E-state index contributed by atoms with van der Waals surface area (Å²) in [6, 6.07) is 6.05. The number of sulfonamides is 1. The molecule has 1 aliphatic rings. The molecule has 0 aromatic heterocycles. The van der Waals surface area contributed by atoms with Gasteiger partial charge in [-0.3, -0.25) is 0 Å². The number of methoxy groups -OCH3 is 1. The highest BCUT2D eigenvalue weighted by Crippen LogP contribution is 2.18. The van der Waals surface area contributed by atoms with Crippen molar-refractivity contribution in [3.8, 4) is 5.75 Å². The number of carbonyl (C=O) groups is 1. The third-order valence-electron chi connectivity index (χ3n) is 3.71. The Morgan fingerprint density at radius 2 is 1.87 bits per heavy atom. The highest BCUT2D eigenvalue weighted by atomic mass is 32.2. The summed E-state index contributed by atoms with van der Waals surface area (Å²) in [7, 11) is -2.05. The lowest BCUT2D eigenvalue weighted by atomic mass is 10.1. The number of nitrogens with zero attached hydrogens (tertiary/aromatic N) is 1. The fourth-order valence-corrected chi connectivity index (χ4v) is 3.74. The molecule has 23 heavy (non-hydrogen) atoms. The van der Waals surface area contributed by atoms with Gasteiger partial charge in [-0.25, -0.2) is 17.9 Å². The molecule has 1 aromatic carbocycles. The lowest BCUT2D eigenvalue weighted by molar-refractivity contribution is 0.0966. The number of nitrogens with one attached hydrogen (secondary N) is 1. The van der Waals surface area contributed by atoms with Crippen LogP contribution in [0.2, 0.25) is 0 Å². The van der Waals surface area contributed by atoms with Gasteiger partial charge in [0.15, 0.2) is 0 Å². The second-order valence-electron chi connectivity index (χ2n) is 5.26. The quantitative estimate of drug-likeness (QED) is 0.878. The van der Waals surface area contributed by atoms with Crippen LogP contribution in [0.1, 0.15) is 19.8 Å². The third kappa shape index (κ3) is 4.59. The van der Waals surface area contributed by atoms with Gasteiger partial charge in [0, 0.05) is 19.1 Å². The average molecular weight is 342 g/mol. The molecule has 0 spiro atoms. The van der Waals surface area contributed by atoms with E-state index in [1.165, 1.54) is 19.2 Å². The lowest BCUT2D eigenvalue weighted by Crippen LogP contribution is -2.46. The van der Waals surface area contributed by atoms with E-state index in [9.17, 15) is 13.2 Å². The van der Waals surface area contributed by atoms with Crippen LogP contribution >= 0.6 is 0 Å². The summed E-state index contributed by atoms with van der Waals surface area (Å²) in [5.74, 6) is 0.603. The molecule has 128 valence electrons. The number of piperidine rings is 1. The molecular formula is C15H22N2O5S. The van der Waals surface area contributed by atoms with E-state index in [1.54, 1.807) is 24.0 Å². The van der Waals surface area contributed by atoms with Crippen LogP contribution in [0, 0.1) is 0 Å². The lowest BCUT2D eigenvalue weighted by Gasteiger charge is -2.31. The summed E-state index contributed by atoms with van der Waals surface area (Å²) in [6.07, 6.45) is 0.784. The molecule has 8 heteroatoms. The first kappa shape index (κ1) is 17.6. The van der Waals surface area contributed by atoms with Crippen molar-refractivity contribution in [3.63, 3.8) is 0 Å². The van der Waals surface area contributed by atoms with Gasteiger partial charge in [-0.15, -0.1) is 0 Å². The van der Waals surface area contributed by atoms with Gasteiger partial charge in [0.1, 0.15) is 5.75 Å². The van der Waals surface area contributed by atoms with Crippen LogP contribution in [0.15, 0.2) is 29.2 Å². The van der Waals surface area contributed by atoms with Crippen molar-refractivity contribution in [1.29, 1.82) is 0 Å². The highest BCUT2D eigenvalue weighted by Gasteiger charge is 2.27. The number of amides is 1. The highest BCUT2D eigenvalue weighted by molar-refractivity contribution is 7.89. The summed E-state index contributed by atoms with van der Waals surface area (Å²) < 4.78 is 37.4. The van der Waals surface area contributed by atoms with E-state index >= 15 is 0 Å². The van der Waals surface area contributed by atoms with Crippen molar-refractivity contribution in [1.82, 2.24) is 9.62 Å². The number of carbonyl (C=O) groups excluding carboxylic acids is 1. The normalized spacial score (nSPS) is 16.2. The number of likely N-dealkylation sites (tertiary alicyclic amines) is 1. The Balaban J connectivity index is 1.93. The number of benzene rings is 1. The maximum atomic E-state index is 12.4. The molecule has 1 aliphatic heterocycles. The van der Waals surface area contributed by atoms with Gasteiger partial charge in [-0.05, 0) is 44.0 Å². The smallest absolute Gasteiger partial charge is 0.409 e. The predicted octanol–water partition coefficient (Wildman–Crippen LogP) is 1.59. The average Bonchev–Trinajstić information content (AvgIpc) is 2.55. The molecule has 1 fully saturated rings. The Labute approximate surface area is 136 Å². The van der Waals surface area contributed by atoms with Gasteiger partial charge in [-0.2, -0.15) is 0 Å². The first-order valence-electron chi connectivity index (χ1n) is 7.54. The molecule has 7 nitrogen and oxygen atoms in total. The molecule has 1 N–H and O–H groups in total. The van der Waals surface area contributed by atoms with E-state index in [1.807, 2.05) is 0 Å². The second kappa shape index (κ2) is 7.65. The first-order valence-corrected chi connectivity index (χ1v) is 9.02. The first-order chi connectivity index (χ1) is 11.0. The Bertz CT molecular complexity index is 622. The van der Waals surface area contributed by atoms with Gasteiger partial charge < -0.3 is 14.4 Å². The number of hydrogen-bond acceptors (Lipinski definition) is 5. The van der Waals surface area contributed by atoms with Crippen LogP contribution in [-0.4, -0.2) is 52.3 Å². The molecule has 1 amide bonds. The van der Waals surface area contributed by atoms with Crippen LogP contribution in [0.5, 0.6) is 5.75 Å². The zero-order chi connectivity index (χ0) is 16.9. The van der Waals surface area contributed by atoms with Crippen molar-refractivity contribution < 1.29 is 22.7 Å². The van der Waals surface area contributed by atoms with Gasteiger partial charge in [0.25, 0.3) is 0 Å². The maximum absolute atomic E-state index is 12.4. The van der Waals surface area contributed by atoms with E-state index in [4.69, 9.17) is 9.47 Å². The molecule has 0 radical (unpaired) electrons. The van der Waals surface area contributed by atoms with Crippen molar-refractivity contribution in [2.24, 2.45) is 0 Å². The van der Waals surface area contributed by atoms with Crippen molar-refractivity contribution in [2.45, 2.75) is 30.7 Å². The molecule has 1 aromatic rings. The zero-order valence-electron chi connectivity index (χ0n) is 13.3. The Kier molecular flexibility index (Phi) is 5.84. The van der Waals surface area contributed by atoms with E-state index in [2.05, 4.69) is 4.72 Å². The fraction of sp³-hybridized carbons (Fsp3) is 0.533. The Hall–Kier alpha value is -1.80. The minimum atomic E-state index is -3.57. The SMILES string of the molecule is CCOC(=O)N1CCC(NS(=O)(=O)c2ccc(OC)cc2)CC1. The van der Waals surface area contributed by atoms with E-state index in [0.717, 1.165) is 0 Å². The van der Waals surface area contributed by atoms with Gasteiger partial charge in [0.2, 0.25) is 10.0 Å². The molecule has 0 bridgehead atoms. The predicted molar refractivity (Wildman–Crippen MR) is 84.9 cm³/mol. The molecule has 0 unspecified atom stereocenters. The summed E-state index contributed by atoms with van der Waals surface area (Å²) >= 11 is 0. The van der Waals surface area contributed by atoms with Crippen LogP contribution in [0.3, 0.4) is 0 Å². The molecule has 0 aliphatic carbocycles. The fourth-order valence-electron chi connectivity index (χ4n) is 2.44. The monoisotopic (exact) mass is 342 g/mol. The standard InChI is InChI=1S/C15H22N2O5S/c1-3-22-15(18)17-10-8-12(9-11-17)16-23(19,20)14-6-4-13(21-2)5-7-14/h4-7,12,16H,3,8-11H2,1-2H3. The summed E-state index contributed by atoms with van der Waals surface area (Å²) in [6.45, 7) is 3.06. The van der Waals surface area contributed by atoms with Gasteiger partial charge >= 0.3 is 6.09 Å². The molecule has 1 heterocycles. The van der Waals surface area contributed by atoms with Crippen LogP contribution in [0.4, 0.5) is 4.79 Å². The second-order valence-corrected chi connectivity index (χ2v) is 6.97. The zero-order valence-corrected chi connectivity index (χ0v) is 14.1. The Morgan fingerprint density at radius 1 is 1.26 bits per heavy atom. The van der Waals surface area contributed by atoms with E-state index < -0.39 is 10.0 Å². The van der Waals surface area contributed by atoms with Crippen molar-refractivity contribution in [2.75, 3.05) is 26.8 Å². The molecular weight excluding hydrogens is 320 g/mol. The number of ether oxygens (including phenoxy) is 2. The van der Waals surface area contributed by atoms with Crippen molar-refractivity contribution >= 4 is 16.1 Å². The summed E-state index contributed by atoms with van der Waals surface area (Å²) in [4.78, 5) is 13.4. The van der Waals surface area contributed by atoms with E-state index in [-0.39, 0.29) is 17.0 Å². The Morgan fingerprint density at radius 3 is 2.39 bits per heavy atom. The molecule has 0 saturated carbocycles. The van der Waals surface area contributed by atoms with Crippen LogP contribution in [0.25, 0.3) is 0 Å². The minimum Gasteiger partial charge on any atom is -0.497 e. The summed E-state index contributed by atoms with van der Waals surface area (Å²) in [5.41, 5.74) is 0. The molecule has 2 rings (SSSR count). The maximum Gasteiger partial charge on any atom is 0.409 e. The topological polar surface area (TPSA) is 84.9 Å². The number of hydrogen-bond donors (Lipinski definition) is 1. The third-order valence-corrected chi connectivity index (χ3v) is 5.25. The van der Waals surface area contributed by atoms with E-state index in [0.29, 0.717) is 38.3 Å². The largest absolute Gasteiger partial charge is 0.497 e. The molecule has 1 saturated heterocycles. The molecule has 0 atom stereocenters.